The van der Waals surface area contributed by atoms with Crippen molar-refractivity contribution in [1.29, 1.82) is 0 Å². The summed E-state index contributed by atoms with van der Waals surface area (Å²) >= 11 is 7.22. The molecule has 188 valence electrons. The zero-order valence-electron chi connectivity index (χ0n) is 20.7. The molecule has 0 fully saturated rings. The summed E-state index contributed by atoms with van der Waals surface area (Å²) in [6.45, 7) is 0. The number of hydrogen-bond donors (Lipinski definition) is 1. The predicted octanol–water partition coefficient (Wildman–Crippen LogP) is 10.1. The molecule has 0 unspecified atom stereocenters. The second-order valence-corrected chi connectivity index (χ2v) is 10.9. The van der Waals surface area contributed by atoms with Gasteiger partial charge in [-0.15, -0.1) is 0 Å². The van der Waals surface area contributed by atoms with Gasteiger partial charge in [0.05, 0.1) is 11.2 Å². The first-order valence-corrected chi connectivity index (χ1v) is 14.1. The average Bonchev–Trinajstić information content (AvgIpc) is 2.98. The third-order valence-corrected chi connectivity index (χ3v) is 7.57. The molecule has 0 atom stereocenters. The number of pyridine rings is 1. The zero-order chi connectivity index (χ0) is 26.8. The van der Waals surface area contributed by atoms with Gasteiger partial charge in [-0.1, -0.05) is 123 Å². The number of rotatable bonds is 6. The van der Waals surface area contributed by atoms with E-state index in [0.717, 1.165) is 42.1 Å². The topological polar surface area (TPSA) is 42.0 Å². The lowest BCUT2D eigenvalue weighted by Gasteiger charge is -2.20. The van der Waals surface area contributed by atoms with Crippen LogP contribution in [0.2, 0.25) is 0 Å². The van der Waals surface area contributed by atoms with E-state index in [-0.39, 0.29) is 5.78 Å². The summed E-state index contributed by atoms with van der Waals surface area (Å²) < 4.78 is 1.81. The fourth-order valence-corrected chi connectivity index (χ4v) is 5.52. The number of benzene rings is 5. The van der Waals surface area contributed by atoms with E-state index in [4.69, 9.17) is 4.98 Å². The Hall–Kier alpha value is -4.06. The molecule has 3 nitrogen and oxygen atoms in total. The highest BCUT2D eigenvalue weighted by Crippen LogP contribution is 2.43. The highest BCUT2D eigenvalue weighted by molar-refractivity contribution is 9.10. The normalized spacial score (nSPS) is 10.9. The lowest BCUT2D eigenvalue weighted by atomic mass is 9.91. The molecule has 0 saturated heterocycles. The number of nitrogens with one attached hydrogen (secondary N) is 1. The number of fused-ring (bicyclic) bond motifs is 1. The molecule has 0 aliphatic carbocycles. The Morgan fingerprint density at radius 1 is 0.615 bits per heavy atom. The van der Waals surface area contributed by atoms with E-state index in [1.165, 1.54) is 0 Å². The first-order chi connectivity index (χ1) is 19.1. The maximum atomic E-state index is 13.6. The molecule has 0 radical (unpaired) electrons. The Balaban J connectivity index is 1.62. The molecule has 5 heteroatoms. The molecule has 0 spiro atoms. The Morgan fingerprint density at radius 2 is 1.18 bits per heavy atom. The van der Waals surface area contributed by atoms with Gasteiger partial charge in [0.25, 0.3) is 0 Å². The van der Waals surface area contributed by atoms with E-state index >= 15 is 0 Å². The Bertz CT molecular complexity index is 1800. The fraction of sp³-hybridized carbons (Fsp3) is 0. The summed E-state index contributed by atoms with van der Waals surface area (Å²) in [5.41, 5.74) is 6.89. The van der Waals surface area contributed by atoms with Crippen LogP contribution in [0.25, 0.3) is 33.2 Å². The van der Waals surface area contributed by atoms with Crippen molar-refractivity contribution >= 4 is 60.1 Å². The molecule has 0 aliphatic rings. The van der Waals surface area contributed by atoms with Crippen LogP contribution in [0, 0.1) is 0 Å². The third kappa shape index (κ3) is 5.16. The maximum Gasteiger partial charge on any atom is 0.195 e. The summed E-state index contributed by atoms with van der Waals surface area (Å²) in [4.78, 5) is 18.7. The van der Waals surface area contributed by atoms with Gasteiger partial charge in [-0.25, -0.2) is 4.98 Å². The van der Waals surface area contributed by atoms with Crippen LogP contribution >= 0.6 is 31.9 Å². The lowest BCUT2D eigenvalue weighted by molar-refractivity contribution is 0.103. The smallest absolute Gasteiger partial charge is 0.195 e. The summed E-state index contributed by atoms with van der Waals surface area (Å²) in [6, 6.07) is 41.8. The van der Waals surface area contributed by atoms with Crippen LogP contribution in [0.5, 0.6) is 0 Å². The minimum absolute atomic E-state index is 0.0614. The average molecular weight is 634 g/mol. The van der Waals surface area contributed by atoms with Gasteiger partial charge < -0.3 is 5.32 Å². The number of nitrogens with zero attached hydrogens (tertiary/aromatic N) is 1. The molecule has 1 N–H and O–H groups in total. The molecule has 0 aliphatic heterocycles. The quantitative estimate of drug-likeness (QED) is 0.186. The van der Waals surface area contributed by atoms with Crippen molar-refractivity contribution in [2.24, 2.45) is 0 Å². The molecule has 5 aromatic carbocycles. The van der Waals surface area contributed by atoms with Crippen LogP contribution in [-0.4, -0.2) is 10.8 Å². The van der Waals surface area contributed by atoms with Crippen molar-refractivity contribution in [3.8, 4) is 22.3 Å². The zero-order valence-corrected chi connectivity index (χ0v) is 23.9. The summed E-state index contributed by atoms with van der Waals surface area (Å²) in [6.07, 6.45) is 0. The summed E-state index contributed by atoms with van der Waals surface area (Å²) in [5.74, 6) is 0.618. The van der Waals surface area contributed by atoms with Crippen molar-refractivity contribution < 1.29 is 4.79 Å². The predicted molar refractivity (Wildman–Crippen MR) is 168 cm³/mol. The van der Waals surface area contributed by atoms with Crippen LogP contribution < -0.4 is 5.32 Å². The first-order valence-electron chi connectivity index (χ1n) is 12.5. The second kappa shape index (κ2) is 11.0. The van der Waals surface area contributed by atoms with Crippen LogP contribution in [0.1, 0.15) is 15.9 Å². The van der Waals surface area contributed by atoms with Crippen molar-refractivity contribution in [2.45, 2.75) is 0 Å². The number of anilines is 2. The van der Waals surface area contributed by atoms with E-state index in [0.29, 0.717) is 22.6 Å². The van der Waals surface area contributed by atoms with E-state index in [1.54, 1.807) is 0 Å². The number of ketones is 1. The minimum atomic E-state index is -0.0614. The molecule has 0 amide bonds. The number of halogens is 2. The molecule has 0 saturated carbocycles. The number of carbonyl (C=O) groups excluding carboxylic acids is 1. The monoisotopic (exact) mass is 632 g/mol. The largest absolute Gasteiger partial charge is 0.339 e. The van der Waals surface area contributed by atoms with Gasteiger partial charge in [-0.3, -0.25) is 4.79 Å². The molecule has 1 aromatic heterocycles. The lowest BCUT2D eigenvalue weighted by Crippen LogP contribution is -2.07. The van der Waals surface area contributed by atoms with Gasteiger partial charge in [-0.2, -0.15) is 0 Å². The SMILES string of the molecule is O=C(c1ccccc1)c1cc(Br)ccc1Nc1nc2ccc(Br)cc2c(-c2ccccc2)c1-c1ccccc1. The van der Waals surface area contributed by atoms with Crippen molar-refractivity contribution in [3.05, 3.63) is 147 Å². The van der Waals surface area contributed by atoms with Crippen LogP contribution in [-0.2, 0) is 0 Å². The van der Waals surface area contributed by atoms with Gasteiger partial charge >= 0.3 is 0 Å². The van der Waals surface area contributed by atoms with Crippen LogP contribution in [0.4, 0.5) is 11.5 Å². The van der Waals surface area contributed by atoms with Crippen LogP contribution in [0.3, 0.4) is 0 Å². The van der Waals surface area contributed by atoms with Gasteiger partial charge in [0.1, 0.15) is 5.82 Å². The second-order valence-electron chi connectivity index (χ2n) is 9.11. The molecule has 0 bridgehead atoms. The van der Waals surface area contributed by atoms with Gasteiger partial charge in [0.2, 0.25) is 0 Å². The third-order valence-electron chi connectivity index (χ3n) is 6.59. The van der Waals surface area contributed by atoms with Gasteiger partial charge in [0, 0.05) is 36.6 Å². The summed E-state index contributed by atoms with van der Waals surface area (Å²) in [5, 5.41) is 4.61. The van der Waals surface area contributed by atoms with Crippen molar-refractivity contribution in [2.75, 3.05) is 5.32 Å². The van der Waals surface area contributed by atoms with Crippen molar-refractivity contribution in [3.63, 3.8) is 0 Å². The van der Waals surface area contributed by atoms with Gasteiger partial charge in [-0.05, 0) is 47.5 Å². The first kappa shape index (κ1) is 25.2. The molecule has 6 aromatic rings. The minimum Gasteiger partial charge on any atom is -0.339 e. The Labute approximate surface area is 243 Å². The molecular formula is C34H22Br2N2O. The molecule has 1 heterocycles. The fourth-order valence-electron chi connectivity index (χ4n) is 4.80. The van der Waals surface area contributed by atoms with E-state index in [2.05, 4.69) is 67.5 Å². The van der Waals surface area contributed by atoms with Crippen molar-refractivity contribution in [1.82, 2.24) is 4.98 Å². The van der Waals surface area contributed by atoms with E-state index < -0.39 is 0 Å². The highest BCUT2D eigenvalue weighted by Gasteiger charge is 2.21. The van der Waals surface area contributed by atoms with Crippen LogP contribution in [0.15, 0.2) is 136 Å². The highest BCUT2D eigenvalue weighted by atomic mass is 79.9. The summed E-state index contributed by atoms with van der Waals surface area (Å²) in [7, 11) is 0. The Morgan fingerprint density at radius 3 is 1.85 bits per heavy atom. The van der Waals surface area contributed by atoms with E-state index in [1.807, 2.05) is 97.1 Å². The molecular weight excluding hydrogens is 612 g/mol. The standard InChI is InChI=1S/C34H22Br2N2O/c35-25-16-18-29-27(20-25)31(22-10-4-1-5-11-22)32(23-12-6-2-7-13-23)34(37-29)38-30-19-17-26(36)21-28(30)33(39)24-14-8-3-9-15-24/h1-21H,(H,37,38). The number of hydrogen-bond acceptors (Lipinski definition) is 3. The number of carbonyl (C=O) groups is 1. The Kier molecular flexibility index (Phi) is 7.10. The maximum absolute atomic E-state index is 13.6. The molecule has 39 heavy (non-hydrogen) atoms. The van der Waals surface area contributed by atoms with E-state index in [9.17, 15) is 4.79 Å². The molecule has 6 rings (SSSR count). The van der Waals surface area contributed by atoms with Gasteiger partial charge in [0.15, 0.2) is 5.78 Å². The number of aromatic nitrogens is 1.